The molecule has 0 radical (unpaired) electrons. The number of fused-ring (bicyclic) bond motifs is 1. The number of guanidine groups is 2. The molecule has 2 aromatic carbocycles. The van der Waals surface area contributed by atoms with Crippen LogP contribution >= 0.6 is 0 Å². The topological polar surface area (TPSA) is 514 Å². The number of aliphatic imine (C=N–C) groups is 2. The monoisotopic (exact) mass is 1220 g/mol. The zero-order valence-electron chi connectivity index (χ0n) is 50.2. The van der Waals surface area contributed by atoms with Gasteiger partial charge < -0.3 is 96.4 Å². The Balaban J connectivity index is 1.85. The molecule has 3 aromatic rings. The standard InChI is InChI=1S/C56H88N18O13/c1-8-29(3)44(54(87)74(27-43(78)79)30(4)9-2)71-49(82)39(20-14-22-64-56(60)61)68-42(77)26-65-52(85)45(32(6)75)73-53(86)46(33(7)76)72-51(84)41(24-36-25-62-28-66-36)70-50(83)40(23-35-17-12-16-34-15-10-11-18-37(34)35)69-47(80)31(5)67-48(81)38(57)19-13-21-63-55(58)59/h10-12,15-18,25,28-33,38-41,44-46,75-76H,8-9,13-14,19-24,26-27,57H2,1-7H3,(H,62,66)(H,65,85)(H,67,81)(H,68,77)(H,69,80)(H,70,83)(H,71,82)(H,72,84)(H,73,86)(H,78,79)(H4,58,59,63)(H4,60,61,64)/t29?,30?,31-,32+,33+,38-,39-,40-,41-,44-,45-,46-/m0/s1. The van der Waals surface area contributed by atoms with Gasteiger partial charge in [0.15, 0.2) is 11.9 Å². The molecule has 0 aliphatic heterocycles. The summed E-state index contributed by atoms with van der Waals surface area (Å²) >= 11 is 0. The van der Waals surface area contributed by atoms with E-state index in [9.17, 15) is 63.3 Å². The van der Waals surface area contributed by atoms with Gasteiger partial charge in [-0.3, -0.25) is 57.9 Å². The summed E-state index contributed by atoms with van der Waals surface area (Å²) in [4.78, 5) is 152. The molecule has 480 valence electrons. The van der Waals surface area contributed by atoms with Crippen LogP contribution in [0.4, 0.5) is 0 Å². The van der Waals surface area contributed by atoms with Crippen molar-refractivity contribution in [1.82, 2.24) is 57.4 Å². The van der Waals surface area contributed by atoms with Crippen molar-refractivity contribution in [2.24, 2.45) is 44.6 Å². The first kappa shape index (κ1) is 72.3. The van der Waals surface area contributed by atoms with Crippen LogP contribution < -0.4 is 71.2 Å². The fourth-order valence-electron chi connectivity index (χ4n) is 8.87. The van der Waals surface area contributed by atoms with Gasteiger partial charge in [-0.15, -0.1) is 0 Å². The molecule has 1 aromatic heterocycles. The molecule has 0 saturated heterocycles. The predicted molar refractivity (Wildman–Crippen MR) is 322 cm³/mol. The smallest absolute Gasteiger partial charge is 0.323 e. The molecule has 0 aliphatic rings. The molecule has 0 aliphatic carbocycles. The first-order valence-electron chi connectivity index (χ1n) is 28.7. The largest absolute Gasteiger partial charge is 0.480 e. The van der Waals surface area contributed by atoms with Gasteiger partial charge in [0.1, 0.15) is 48.8 Å². The Labute approximate surface area is 504 Å². The molecular formula is C56H88N18O13. The van der Waals surface area contributed by atoms with Crippen LogP contribution in [0, 0.1) is 5.92 Å². The first-order chi connectivity index (χ1) is 41.1. The number of nitrogens with two attached hydrogens (primary N) is 5. The number of carboxylic acid groups (broad SMARTS) is 1. The summed E-state index contributed by atoms with van der Waals surface area (Å²) in [7, 11) is 0. The number of aromatic nitrogens is 2. The maximum absolute atomic E-state index is 14.6. The number of carbonyl (C=O) groups excluding carboxylic acids is 9. The lowest BCUT2D eigenvalue weighted by atomic mass is 9.96. The van der Waals surface area contributed by atoms with E-state index in [2.05, 4.69) is 62.5 Å². The minimum atomic E-state index is -1.87. The van der Waals surface area contributed by atoms with Crippen molar-refractivity contribution >= 4 is 81.8 Å². The Hall–Kier alpha value is -8.97. The number of carbonyl (C=O) groups is 10. The molecule has 87 heavy (non-hydrogen) atoms. The fraction of sp³-hybridized carbons (Fsp3) is 0.554. The Bertz CT molecular complexity index is 2860. The molecular weight excluding hydrogens is 1130 g/mol. The van der Waals surface area contributed by atoms with E-state index >= 15 is 0 Å². The molecule has 0 bridgehead atoms. The highest BCUT2D eigenvalue weighted by atomic mass is 16.4. The highest BCUT2D eigenvalue weighted by Gasteiger charge is 2.38. The summed E-state index contributed by atoms with van der Waals surface area (Å²) in [5, 5.41) is 52.9. The number of hydrogen-bond acceptors (Lipinski definition) is 16. The Morgan fingerprint density at radius 1 is 0.621 bits per heavy atom. The van der Waals surface area contributed by atoms with Crippen LogP contribution in [0.15, 0.2) is 65.0 Å². The molecule has 1 heterocycles. The van der Waals surface area contributed by atoms with Crippen molar-refractivity contribution in [1.29, 1.82) is 0 Å². The van der Waals surface area contributed by atoms with Crippen molar-refractivity contribution in [3.8, 4) is 0 Å². The minimum absolute atomic E-state index is 0.0361. The lowest BCUT2D eigenvalue weighted by Gasteiger charge is -2.34. The number of hydrogen-bond donors (Lipinski definition) is 17. The number of carboxylic acids is 1. The van der Waals surface area contributed by atoms with Crippen LogP contribution in [0.3, 0.4) is 0 Å². The van der Waals surface area contributed by atoms with Gasteiger partial charge in [-0.2, -0.15) is 0 Å². The average molecular weight is 1220 g/mol. The van der Waals surface area contributed by atoms with Gasteiger partial charge in [0.2, 0.25) is 53.2 Å². The number of nitrogens with one attached hydrogen (secondary N) is 9. The molecule has 9 amide bonds. The predicted octanol–water partition coefficient (Wildman–Crippen LogP) is -4.17. The SMILES string of the molecule is CCC(C)[C@H](NC(=O)[C@H](CCCN=C(N)N)NC(=O)CNC(=O)[C@@H](NC(=O)[C@@H](NC(=O)[C@H](Cc1cnc[nH]1)NC(=O)[C@H](Cc1cccc2ccccc12)NC(=O)[C@H](C)NC(=O)[C@@H](N)CCCN=C(N)N)[C@@H](C)O)[C@@H](C)O)C(=O)N(CC(=O)O)C(C)CC. The van der Waals surface area contributed by atoms with E-state index < -0.39 is 145 Å². The van der Waals surface area contributed by atoms with E-state index in [1.54, 1.807) is 45.9 Å². The molecule has 31 heteroatoms. The summed E-state index contributed by atoms with van der Waals surface area (Å²) in [6.45, 7) is 9.37. The number of rotatable bonds is 37. The average Bonchev–Trinajstić information content (AvgIpc) is 4.14. The van der Waals surface area contributed by atoms with E-state index in [0.717, 1.165) is 29.5 Å². The second-order valence-electron chi connectivity index (χ2n) is 21.3. The number of H-pyrrole nitrogens is 1. The fourth-order valence-corrected chi connectivity index (χ4v) is 8.87. The highest BCUT2D eigenvalue weighted by molar-refractivity contribution is 5.99. The van der Waals surface area contributed by atoms with Gasteiger partial charge in [-0.05, 0) is 82.1 Å². The van der Waals surface area contributed by atoms with E-state index in [-0.39, 0.29) is 57.1 Å². The van der Waals surface area contributed by atoms with Crippen molar-refractivity contribution in [3.63, 3.8) is 0 Å². The zero-order chi connectivity index (χ0) is 65.1. The first-order valence-corrected chi connectivity index (χ1v) is 28.7. The lowest BCUT2D eigenvalue weighted by Crippen LogP contribution is -2.63. The summed E-state index contributed by atoms with van der Waals surface area (Å²) in [5.74, 6) is -10.2. The maximum Gasteiger partial charge on any atom is 0.323 e. The number of aliphatic hydroxyl groups excluding tert-OH is 2. The zero-order valence-corrected chi connectivity index (χ0v) is 50.2. The molecule has 0 saturated carbocycles. The van der Waals surface area contributed by atoms with Crippen molar-refractivity contribution in [3.05, 3.63) is 66.2 Å². The second-order valence-corrected chi connectivity index (χ2v) is 21.3. The number of nitrogens with zero attached hydrogens (tertiary/aromatic N) is 4. The third-order valence-corrected chi connectivity index (χ3v) is 14.2. The van der Waals surface area contributed by atoms with Crippen LogP contribution in [-0.2, 0) is 60.8 Å². The molecule has 0 spiro atoms. The molecule has 22 N–H and O–H groups in total. The molecule has 31 nitrogen and oxygen atoms in total. The number of amides is 9. The molecule has 12 atom stereocenters. The van der Waals surface area contributed by atoms with Gasteiger partial charge in [-0.1, -0.05) is 69.7 Å². The summed E-state index contributed by atoms with van der Waals surface area (Å²) in [6.07, 6.45) is 0.327. The van der Waals surface area contributed by atoms with Crippen LogP contribution in [0.5, 0.6) is 0 Å². The van der Waals surface area contributed by atoms with Crippen molar-refractivity contribution in [2.45, 2.75) is 166 Å². The van der Waals surface area contributed by atoms with E-state index in [1.165, 1.54) is 19.4 Å². The van der Waals surface area contributed by atoms with Crippen LogP contribution in [0.2, 0.25) is 0 Å². The number of imidazole rings is 1. The van der Waals surface area contributed by atoms with Gasteiger partial charge in [0.25, 0.3) is 0 Å². The lowest BCUT2D eigenvalue weighted by molar-refractivity contribution is -0.148. The minimum Gasteiger partial charge on any atom is -0.480 e. The maximum atomic E-state index is 14.6. The number of benzene rings is 2. The Kier molecular flexibility index (Phi) is 30.0. The van der Waals surface area contributed by atoms with E-state index in [4.69, 9.17) is 28.7 Å². The molecule has 0 fully saturated rings. The van der Waals surface area contributed by atoms with Crippen molar-refractivity contribution in [2.75, 3.05) is 26.2 Å². The number of aromatic amines is 1. The summed E-state index contributed by atoms with van der Waals surface area (Å²) in [5.41, 5.74) is 28.7. The van der Waals surface area contributed by atoms with Gasteiger partial charge in [-0.25, -0.2) is 4.98 Å². The Morgan fingerprint density at radius 2 is 1.17 bits per heavy atom. The number of aliphatic carboxylic acids is 1. The normalized spacial score (nSPS) is 15.2. The van der Waals surface area contributed by atoms with Crippen LogP contribution in [0.25, 0.3) is 10.8 Å². The van der Waals surface area contributed by atoms with Crippen molar-refractivity contribution < 1.29 is 63.3 Å². The second kappa shape index (κ2) is 36.1. The summed E-state index contributed by atoms with van der Waals surface area (Å²) < 4.78 is 0. The van der Waals surface area contributed by atoms with E-state index in [0.29, 0.717) is 30.5 Å². The van der Waals surface area contributed by atoms with Gasteiger partial charge in [0.05, 0.1) is 31.1 Å². The highest BCUT2D eigenvalue weighted by Crippen LogP contribution is 2.21. The molecule has 2 unspecified atom stereocenters. The number of aliphatic hydroxyl groups is 2. The third-order valence-electron chi connectivity index (χ3n) is 14.2. The van der Waals surface area contributed by atoms with Crippen LogP contribution in [0.1, 0.15) is 98.2 Å². The Morgan fingerprint density at radius 3 is 1.76 bits per heavy atom. The third kappa shape index (κ3) is 24.1. The van der Waals surface area contributed by atoms with Gasteiger partial charge in [0, 0.05) is 43.9 Å². The van der Waals surface area contributed by atoms with E-state index in [1.807, 2.05) is 24.3 Å². The van der Waals surface area contributed by atoms with Gasteiger partial charge >= 0.3 is 5.97 Å². The quantitative estimate of drug-likeness (QED) is 0.0148. The summed E-state index contributed by atoms with van der Waals surface area (Å²) in [6, 6.07) is 0.677. The van der Waals surface area contributed by atoms with Crippen LogP contribution in [-0.4, -0.2) is 194 Å². The molecule has 3 rings (SSSR count).